The summed E-state index contributed by atoms with van der Waals surface area (Å²) in [5.41, 5.74) is 10.5. The average molecular weight is 282 g/mol. The minimum Gasteiger partial charge on any atom is -0.375 e. The molecule has 0 bridgehead atoms. The van der Waals surface area contributed by atoms with Gasteiger partial charge in [0, 0.05) is 10.9 Å². The highest BCUT2D eigenvalue weighted by atomic mass is 32.2. The topological polar surface area (TPSA) is 76.2 Å². The largest absolute Gasteiger partial charge is 0.375 e. The predicted molar refractivity (Wildman–Crippen MR) is 75.9 cm³/mol. The number of benzene rings is 1. The summed E-state index contributed by atoms with van der Waals surface area (Å²) in [5, 5.41) is 2.47. The van der Waals surface area contributed by atoms with Crippen molar-refractivity contribution in [1.29, 1.82) is 0 Å². The van der Waals surface area contributed by atoms with E-state index in [2.05, 4.69) is 4.98 Å². The van der Waals surface area contributed by atoms with E-state index in [4.69, 9.17) is 10.3 Å². The lowest BCUT2D eigenvalue weighted by molar-refractivity contribution is 0.563. The van der Waals surface area contributed by atoms with Crippen molar-refractivity contribution in [1.82, 2.24) is 4.98 Å². The molecule has 0 aliphatic carbocycles. The molecule has 1 aromatic carbocycles. The van der Waals surface area contributed by atoms with E-state index in [9.17, 15) is 4.21 Å². The van der Waals surface area contributed by atoms with Crippen LogP contribution in [0, 0.1) is 13.8 Å². The molecule has 2 rings (SSSR count). The lowest BCUT2D eigenvalue weighted by atomic mass is 9.98. The Morgan fingerprint density at radius 2 is 2.00 bits per heavy atom. The Hall–Kier alpha value is -1.24. The van der Waals surface area contributed by atoms with Crippen LogP contribution in [0.15, 0.2) is 17.5 Å². The van der Waals surface area contributed by atoms with Gasteiger partial charge < -0.3 is 10.3 Å². The second-order valence-electron chi connectivity index (χ2n) is 4.14. The molecule has 18 heavy (non-hydrogen) atoms. The Morgan fingerprint density at radius 3 is 2.44 bits per heavy atom. The molecule has 1 atom stereocenters. The number of nitrogens with zero attached hydrogens (tertiary/aromatic N) is 1. The minimum atomic E-state index is -1.81. The van der Waals surface area contributed by atoms with Gasteiger partial charge in [-0.1, -0.05) is 12.1 Å². The third-order valence-corrected chi connectivity index (χ3v) is 3.91. The lowest BCUT2D eigenvalue weighted by Crippen LogP contribution is -1.97. The summed E-state index contributed by atoms with van der Waals surface area (Å²) >= 11 is -0.404. The molecule has 0 saturated heterocycles. The quantitative estimate of drug-likeness (QED) is 0.849. The third kappa shape index (κ3) is 2.77. The van der Waals surface area contributed by atoms with E-state index in [1.807, 2.05) is 31.4 Å². The van der Waals surface area contributed by atoms with E-state index in [0.717, 1.165) is 27.9 Å². The van der Waals surface area contributed by atoms with E-state index in [0.29, 0.717) is 5.13 Å². The van der Waals surface area contributed by atoms with Crippen LogP contribution in [0.4, 0.5) is 5.13 Å². The second-order valence-corrected chi connectivity index (χ2v) is 5.96. The van der Waals surface area contributed by atoms with Crippen molar-refractivity contribution in [3.05, 3.63) is 34.2 Å². The Labute approximate surface area is 112 Å². The Balaban J connectivity index is 2.47. The van der Waals surface area contributed by atoms with Crippen LogP contribution >= 0.6 is 11.3 Å². The van der Waals surface area contributed by atoms with Crippen LogP contribution in [0.5, 0.6) is 0 Å². The van der Waals surface area contributed by atoms with E-state index < -0.39 is 11.1 Å². The minimum absolute atomic E-state index is 0.154. The normalized spacial score (nSPS) is 12.6. The molecule has 2 aromatic rings. The van der Waals surface area contributed by atoms with Crippen LogP contribution in [-0.2, 0) is 16.8 Å². The van der Waals surface area contributed by atoms with Gasteiger partial charge in [0.25, 0.3) is 0 Å². The number of hydrogen-bond acceptors (Lipinski definition) is 4. The summed E-state index contributed by atoms with van der Waals surface area (Å²) in [6, 6.07) is 3.85. The molecular formula is C12H14N2O2S2. The fourth-order valence-electron chi connectivity index (χ4n) is 2.09. The van der Waals surface area contributed by atoms with Crippen molar-refractivity contribution in [2.75, 3.05) is 5.73 Å². The van der Waals surface area contributed by atoms with Crippen LogP contribution < -0.4 is 5.73 Å². The van der Waals surface area contributed by atoms with Crippen LogP contribution in [0.1, 0.15) is 16.7 Å². The molecule has 0 aliphatic rings. The molecule has 0 radical (unpaired) electrons. The number of aromatic nitrogens is 1. The average Bonchev–Trinajstić information content (AvgIpc) is 2.62. The number of thiazole rings is 1. The first-order valence-electron chi connectivity index (χ1n) is 5.36. The van der Waals surface area contributed by atoms with Gasteiger partial charge in [-0.2, -0.15) is 0 Å². The van der Waals surface area contributed by atoms with Gasteiger partial charge >= 0.3 is 0 Å². The number of nitrogens with two attached hydrogens (primary N) is 1. The van der Waals surface area contributed by atoms with Gasteiger partial charge in [-0.15, -0.1) is 11.3 Å². The fourth-order valence-corrected chi connectivity index (χ4v) is 3.09. The summed E-state index contributed by atoms with van der Waals surface area (Å²) in [5.74, 6) is 0.154. The Kier molecular flexibility index (Phi) is 3.79. The SMILES string of the molecule is Cc1cc(CS(=O)O)cc(C)c1-c1csc(N)n1. The number of rotatable bonds is 3. The summed E-state index contributed by atoms with van der Waals surface area (Å²) in [7, 11) is 0. The van der Waals surface area contributed by atoms with Gasteiger partial charge in [0.2, 0.25) is 0 Å². The summed E-state index contributed by atoms with van der Waals surface area (Å²) in [4.78, 5) is 4.28. The zero-order valence-electron chi connectivity index (χ0n) is 10.1. The van der Waals surface area contributed by atoms with Crippen molar-refractivity contribution in [3.8, 4) is 11.3 Å². The zero-order valence-corrected chi connectivity index (χ0v) is 11.8. The first kappa shape index (κ1) is 13.2. The highest BCUT2D eigenvalue weighted by Crippen LogP contribution is 2.30. The molecule has 0 saturated carbocycles. The Bertz CT molecular complexity index is 585. The molecule has 0 spiro atoms. The maximum absolute atomic E-state index is 10.8. The molecule has 1 unspecified atom stereocenters. The molecule has 1 aromatic heterocycles. The summed E-state index contributed by atoms with van der Waals surface area (Å²) in [6.07, 6.45) is 0. The molecule has 6 heteroatoms. The third-order valence-electron chi connectivity index (χ3n) is 2.66. The van der Waals surface area contributed by atoms with Gasteiger partial charge in [-0.25, -0.2) is 9.19 Å². The number of aryl methyl sites for hydroxylation is 2. The van der Waals surface area contributed by atoms with Crippen LogP contribution in [0.2, 0.25) is 0 Å². The number of hydrogen-bond donors (Lipinski definition) is 2. The maximum atomic E-state index is 10.8. The van der Waals surface area contributed by atoms with Crippen molar-refractivity contribution in [2.24, 2.45) is 0 Å². The van der Waals surface area contributed by atoms with E-state index in [1.54, 1.807) is 0 Å². The van der Waals surface area contributed by atoms with Crippen LogP contribution in [-0.4, -0.2) is 13.7 Å². The van der Waals surface area contributed by atoms with Gasteiger partial charge in [0.05, 0.1) is 11.4 Å². The molecular weight excluding hydrogens is 268 g/mol. The highest BCUT2D eigenvalue weighted by Gasteiger charge is 2.11. The molecule has 0 fully saturated rings. The first-order valence-corrected chi connectivity index (χ1v) is 7.52. The standard InChI is InChI=1S/C12H14N2O2S2/c1-7-3-9(6-18(15)16)4-8(2)11(7)10-5-17-12(13)14-10/h3-5H,6H2,1-2H3,(H2,13,14)(H,15,16). The van der Waals surface area contributed by atoms with Gasteiger partial charge in [-0.3, -0.25) is 0 Å². The van der Waals surface area contributed by atoms with Crippen molar-refractivity contribution >= 4 is 27.5 Å². The molecule has 96 valence electrons. The molecule has 0 aliphatic heterocycles. The molecule has 1 heterocycles. The van der Waals surface area contributed by atoms with Crippen molar-refractivity contribution in [3.63, 3.8) is 0 Å². The van der Waals surface area contributed by atoms with Crippen LogP contribution in [0.25, 0.3) is 11.3 Å². The smallest absolute Gasteiger partial charge is 0.180 e. The molecule has 0 amide bonds. The van der Waals surface area contributed by atoms with E-state index in [-0.39, 0.29) is 5.75 Å². The highest BCUT2D eigenvalue weighted by molar-refractivity contribution is 7.78. The monoisotopic (exact) mass is 282 g/mol. The Morgan fingerprint density at radius 1 is 1.39 bits per heavy atom. The lowest BCUT2D eigenvalue weighted by Gasteiger charge is -2.10. The van der Waals surface area contributed by atoms with Crippen molar-refractivity contribution < 1.29 is 8.76 Å². The predicted octanol–water partition coefficient (Wildman–Crippen LogP) is 2.73. The maximum Gasteiger partial charge on any atom is 0.180 e. The van der Waals surface area contributed by atoms with Gasteiger partial charge in [0.15, 0.2) is 16.2 Å². The van der Waals surface area contributed by atoms with E-state index in [1.165, 1.54) is 11.3 Å². The zero-order chi connectivity index (χ0) is 13.3. The molecule has 4 nitrogen and oxygen atoms in total. The number of anilines is 1. The van der Waals surface area contributed by atoms with Crippen LogP contribution in [0.3, 0.4) is 0 Å². The molecule has 3 N–H and O–H groups in total. The summed E-state index contributed by atoms with van der Waals surface area (Å²) in [6.45, 7) is 3.95. The van der Waals surface area contributed by atoms with E-state index >= 15 is 0 Å². The summed E-state index contributed by atoms with van der Waals surface area (Å²) < 4.78 is 19.8. The van der Waals surface area contributed by atoms with Gasteiger partial charge in [0.1, 0.15) is 0 Å². The first-order chi connectivity index (χ1) is 8.47. The number of nitrogen functional groups attached to an aromatic ring is 1. The van der Waals surface area contributed by atoms with Gasteiger partial charge in [-0.05, 0) is 30.5 Å². The second kappa shape index (κ2) is 5.17. The fraction of sp³-hybridized carbons (Fsp3) is 0.250. The van der Waals surface area contributed by atoms with Crippen molar-refractivity contribution in [2.45, 2.75) is 19.6 Å².